The van der Waals surface area contributed by atoms with Gasteiger partial charge in [-0.2, -0.15) is 5.26 Å². The minimum atomic E-state index is 0.558. The quantitative estimate of drug-likeness (QED) is 0.859. The number of halogens is 1. The van der Waals surface area contributed by atoms with Gasteiger partial charge in [-0.1, -0.05) is 15.9 Å². The number of nitriles is 1. The van der Waals surface area contributed by atoms with Crippen molar-refractivity contribution < 1.29 is 0 Å². The first-order valence-corrected chi connectivity index (χ1v) is 5.22. The Morgan fingerprint density at radius 2 is 2.20 bits per heavy atom. The molecule has 2 rings (SSSR count). The van der Waals surface area contributed by atoms with Crippen molar-refractivity contribution in [3.8, 4) is 6.07 Å². The lowest BCUT2D eigenvalue weighted by molar-refractivity contribution is 1.32. The Bertz CT molecular complexity index is 557. The van der Waals surface area contributed by atoms with Crippen LogP contribution in [0.2, 0.25) is 0 Å². The minimum Gasteiger partial charge on any atom is -0.372 e. The molecule has 0 aliphatic carbocycles. The molecule has 74 valence electrons. The highest BCUT2D eigenvalue weighted by Gasteiger charge is 2.04. The van der Waals surface area contributed by atoms with E-state index in [1.54, 1.807) is 7.05 Å². The number of rotatable bonds is 1. The maximum absolute atomic E-state index is 8.94. The molecule has 1 N–H and O–H groups in total. The molecule has 0 radical (unpaired) electrons. The Balaban J connectivity index is 2.77. The van der Waals surface area contributed by atoms with Crippen LogP contribution in [0.4, 0.5) is 5.82 Å². The van der Waals surface area contributed by atoms with E-state index in [9.17, 15) is 0 Å². The first-order valence-electron chi connectivity index (χ1n) is 4.43. The topological polar surface area (TPSA) is 48.7 Å². The molecule has 1 heterocycles. The highest BCUT2D eigenvalue weighted by Crippen LogP contribution is 2.22. The smallest absolute Gasteiger partial charge is 0.144 e. The molecule has 0 aliphatic rings. The van der Waals surface area contributed by atoms with Gasteiger partial charge in [-0.15, -0.1) is 0 Å². The normalized spacial score (nSPS) is 9.93. The summed E-state index contributed by atoms with van der Waals surface area (Å²) in [7, 11) is 1.76. The maximum Gasteiger partial charge on any atom is 0.144 e. The lowest BCUT2D eigenvalue weighted by Gasteiger charge is -2.04. The number of benzene rings is 1. The molecular weight excluding hydrogens is 254 g/mol. The molecule has 0 saturated heterocycles. The first-order chi connectivity index (χ1) is 7.24. The van der Waals surface area contributed by atoms with E-state index in [1.807, 2.05) is 24.3 Å². The molecule has 2 aromatic rings. The molecule has 15 heavy (non-hydrogen) atoms. The predicted molar refractivity (Wildman–Crippen MR) is 63.7 cm³/mol. The lowest BCUT2D eigenvalue weighted by Crippen LogP contribution is -1.96. The maximum atomic E-state index is 8.94. The number of anilines is 1. The molecule has 1 aromatic carbocycles. The van der Waals surface area contributed by atoms with E-state index in [1.165, 1.54) is 0 Å². The van der Waals surface area contributed by atoms with Crippen molar-refractivity contribution in [2.75, 3.05) is 12.4 Å². The summed E-state index contributed by atoms with van der Waals surface area (Å²) < 4.78 is 0.984. The SMILES string of the molecule is CNc1nc2ccc(Br)cc2cc1C#N. The van der Waals surface area contributed by atoms with E-state index in [0.29, 0.717) is 11.4 Å². The molecule has 0 bridgehead atoms. The Kier molecular flexibility index (Phi) is 2.57. The zero-order valence-electron chi connectivity index (χ0n) is 8.08. The molecule has 0 unspecified atom stereocenters. The van der Waals surface area contributed by atoms with E-state index in [4.69, 9.17) is 5.26 Å². The summed E-state index contributed by atoms with van der Waals surface area (Å²) in [6.07, 6.45) is 0. The number of pyridine rings is 1. The fourth-order valence-corrected chi connectivity index (χ4v) is 1.80. The lowest BCUT2D eigenvalue weighted by atomic mass is 10.1. The highest BCUT2D eigenvalue weighted by atomic mass is 79.9. The number of fused-ring (bicyclic) bond motifs is 1. The largest absolute Gasteiger partial charge is 0.372 e. The van der Waals surface area contributed by atoms with Crippen molar-refractivity contribution in [3.63, 3.8) is 0 Å². The van der Waals surface area contributed by atoms with Gasteiger partial charge >= 0.3 is 0 Å². The third-order valence-electron chi connectivity index (χ3n) is 2.13. The van der Waals surface area contributed by atoms with Crippen LogP contribution in [0.25, 0.3) is 10.9 Å². The molecule has 0 fully saturated rings. The van der Waals surface area contributed by atoms with Crippen LogP contribution in [0.3, 0.4) is 0 Å². The zero-order valence-corrected chi connectivity index (χ0v) is 9.67. The van der Waals surface area contributed by atoms with Gasteiger partial charge in [-0.25, -0.2) is 4.98 Å². The van der Waals surface area contributed by atoms with Gasteiger partial charge in [0, 0.05) is 16.9 Å². The predicted octanol–water partition coefficient (Wildman–Crippen LogP) is 2.91. The van der Waals surface area contributed by atoms with Crippen molar-refractivity contribution in [2.24, 2.45) is 0 Å². The average molecular weight is 262 g/mol. The molecule has 0 amide bonds. The van der Waals surface area contributed by atoms with E-state index >= 15 is 0 Å². The third-order valence-corrected chi connectivity index (χ3v) is 2.63. The van der Waals surface area contributed by atoms with Gasteiger partial charge in [-0.3, -0.25) is 0 Å². The van der Waals surface area contributed by atoms with E-state index in [-0.39, 0.29) is 0 Å². The molecule has 0 saturated carbocycles. The summed E-state index contributed by atoms with van der Waals surface area (Å²) in [5, 5.41) is 12.8. The summed E-state index contributed by atoms with van der Waals surface area (Å²) in [5.41, 5.74) is 1.43. The Morgan fingerprint density at radius 3 is 2.87 bits per heavy atom. The van der Waals surface area contributed by atoms with Gasteiger partial charge in [0.05, 0.1) is 11.1 Å². The minimum absolute atomic E-state index is 0.558. The van der Waals surface area contributed by atoms with Crippen molar-refractivity contribution in [1.82, 2.24) is 4.98 Å². The standard InChI is InChI=1S/C11H8BrN3/c1-14-11-8(6-13)4-7-5-9(12)2-3-10(7)15-11/h2-5H,1H3,(H,14,15). The van der Waals surface area contributed by atoms with Gasteiger partial charge in [-0.05, 0) is 24.3 Å². The van der Waals surface area contributed by atoms with Gasteiger partial charge in [0.2, 0.25) is 0 Å². The zero-order chi connectivity index (χ0) is 10.8. The van der Waals surface area contributed by atoms with Crippen LogP contribution >= 0.6 is 15.9 Å². The fourth-order valence-electron chi connectivity index (χ4n) is 1.42. The van der Waals surface area contributed by atoms with Crippen molar-refractivity contribution >= 4 is 32.7 Å². The van der Waals surface area contributed by atoms with E-state index in [0.717, 1.165) is 15.4 Å². The molecular formula is C11H8BrN3. The Morgan fingerprint density at radius 1 is 1.40 bits per heavy atom. The Hall–Kier alpha value is -1.60. The Labute approximate surface area is 95.9 Å². The number of nitrogens with one attached hydrogen (secondary N) is 1. The molecule has 0 atom stereocenters. The number of hydrogen-bond donors (Lipinski definition) is 1. The third kappa shape index (κ3) is 1.79. The van der Waals surface area contributed by atoms with Crippen LogP contribution in [0.15, 0.2) is 28.7 Å². The summed E-state index contributed by atoms with van der Waals surface area (Å²) >= 11 is 3.39. The molecule has 0 spiro atoms. The summed E-state index contributed by atoms with van der Waals surface area (Å²) in [6, 6.07) is 9.75. The molecule has 1 aromatic heterocycles. The summed E-state index contributed by atoms with van der Waals surface area (Å²) in [5.74, 6) is 0.618. The van der Waals surface area contributed by atoms with E-state index < -0.39 is 0 Å². The summed E-state index contributed by atoms with van der Waals surface area (Å²) in [4.78, 5) is 4.35. The highest BCUT2D eigenvalue weighted by molar-refractivity contribution is 9.10. The van der Waals surface area contributed by atoms with E-state index in [2.05, 4.69) is 32.3 Å². The van der Waals surface area contributed by atoms with Crippen LogP contribution in [-0.2, 0) is 0 Å². The van der Waals surface area contributed by atoms with Crippen LogP contribution in [-0.4, -0.2) is 12.0 Å². The molecule has 4 heteroatoms. The second-order valence-corrected chi connectivity index (χ2v) is 4.00. The number of hydrogen-bond acceptors (Lipinski definition) is 3. The molecule has 3 nitrogen and oxygen atoms in total. The molecule has 0 aliphatic heterocycles. The van der Waals surface area contributed by atoms with Crippen LogP contribution in [0.5, 0.6) is 0 Å². The monoisotopic (exact) mass is 261 g/mol. The van der Waals surface area contributed by atoms with Gasteiger partial charge in [0.1, 0.15) is 11.9 Å². The average Bonchev–Trinajstić information content (AvgIpc) is 2.27. The second-order valence-electron chi connectivity index (χ2n) is 3.08. The number of nitrogens with zero attached hydrogens (tertiary/aromatic N) is 2. The van der Waals surface area contributed by atoms with Gasteiger partial charge < -0.3 is 5.32 Å². The summed E-state index contributed by atoms with van der Waals surface area (Å²) in [6.45, 7) is 0. The van der Waals surface area contributed by atoms with Crippen molar-refractivity contribution in [1.29, 1.82) is 5.26 Å². The van der Waals surface area contributed by atoms with Crippen molar-refractivity contribution in [3.05, 3.63) is 34.3 Å². The van der Waals surface area contributed by atoms with Gasteiger partial charge in [0.25, 0.3) is 0 Å². The second kappa shape index (κ2) is 3.87. The van der Waals surface area contributed by atoms with Crippen LogP contribution < -0.4 is 5.32 Å². The fraction of sp³-hybridized carbons (Fsp3) is 0.0909. The van der Waals surface area contributed by atoms with Crippen molar-refractivity contribution in [2.45, 2.75) is 0 Å². The first kappa shape index (κ1) is 9.94. The van der Waals surface area contributed by atoms with Gasteiger partial charge in [0.15, 0.2) is 0 Å². The number of aromatic nitrogens is 1. The van der Waals surface area contributed by atoms with Crippen LogP contribution in [0.1, 0.15) is 5.56 Å². The van der Waals surface area contributed by atoms with Crippen LogP contribution in [0, 0.1) is 11.3 Å².